The molecule has 1 aliphatic carbocycles. The highest BCUT2D eigenvalue weighted by Gasteiger charge is 2.30. The first kappa shape index (κ1) is 13.8. The average Bonchev–Trinajstić information content (AvgIpc) is 3.13. The molecular formula is C14H21N7. The summed E-state index contributed by atoms with van der Waals surface area (Å²) >= 11 is 0. The van der Waals surface area contributed by atoms with E-state index in [0.717, 1.165) is 12.3 Å². The highest BCUT2D eigenvalue weighted by atomic mass is 15.3. The average molecular weight is 287 g/mol. The number of nitrogens with zero attached hydrogens (tertiary/aromatic N) is 5. The van der Waals surface area contributed by atoms with Crippen LogP contribution < -0.4 is 10.6 Å². The van der Waals surface area contributed by atoms with Crippen LogP contribution in [0.2, 0.25) is 0 Å². The molecule has 1 aliphatic rings. The third-order valence-electron chi connectivity index (χ3n) is 4.36. The molecule has 2 aromatic heterocycles. The van der Waals surface area contributed by atoms with Gasteiger partial charge in [-0.15, -0.1) is 0 Å². The van der Waals surface area contributed by atoms with E-state index in [1.165, 1.54) is 6.42 Å². The molecule has 0 bridgehead atoms. The van der Waals surface area contributed by atoms with Crippen LogP contribution in [0.5, 0.6) is 0 Å². The highest BCUT2D eigenvalue weighted by molar-refractivity contribution is 5.38. The zero-order chi connectivity index (χ0) is 14.8. The number of imidazole rings is 1. The number of hydrogen-bond donors (Lipinski definition) is 2. The molecule has 0 amide bonds. The normalized spacial score (nSPS) is 25.0. The molecule has 3 rings (SSSR count). The lowest BCUT2D eigenvalue weighted by molar-refractivity contribution is 0.434. The van der Waals surface area contributed by atoms with Gasteiger partial charge in [0.05, 0.1) is 0 Å². The van der Waals surface area contributed by atoms with Crippen LogP contribution in [0, 0.1) is 11.8 Å². The second-order valence-corrected chi connectivity index (χ2v) is 5.67. The van der Waals surface area contributed by atoms with Crippen molar-refractivity contribution in [2.75, 3.05) is 17.7 Å². The highest BCUT2D eigenvalue weighted by Crippen LogP contribution is 2.32. The van der Waals surface area contributed by atoms with E-state index in [4.69, 9.17) is 0 Å². The molecular weight excluding hydrogens is 266 g/mol. The molecule has 0 aromatic carbocycles. The molecule has 7 nitrogen and oxygen atoms in total. The van der Waals surface area contributed by atoms with Crippen molar-refractivity contribution in [3.63, 3.8) is 0 Å². The van der Waals surface area contributed by atoms with Crippen LogP contribution in [0.3, 0.4) is 0 Å². The molecule has 0 radical (unpaired) electrons. The fraction of sp³-hybridized carbons (Fsp3) is 0.571. The molecule has 0 spiro atoms. The summed E-state index contributed by atoms with van der Waals surface area (Å²) in [6.45, 7) is 4.59. The van der Waals surface area contributed by atoms with Crippen LogP contribution in [0.25, 0.3) is 5.95 Å². The van der Waals surface area contributed by atoms with E-state index in [9.17, 15) is 0 Å². The number of anilines is 2. The van der Waals surface area contributed by atoms with Crippen molar-refractivity contribution in [3.05, 3.63) is 18.7 Å². The molecule has 2 heterocycles. The Kier molecular flexibility index (Phi) is 3.72. The molecule has 3 atom stereocenters. The SMILES string of the molecule is CNc1nc(NC2CCC(C)C2C)nc(-n2ccnc2)n1. The minimum absolute atomic E-state index is 0.419. The van der Waals surface area contributed by atoms with Crippen LogP contribution in [0.4, 0.5) is 11.9 Å². The van der Waals surface area contributed by atoms with Gasteiger partial charge in [-0.05, 0) is 24.7 Å². The number of nitrogens with one attached hydrogen (secondary N) is 2. The van der Waals surface area contributed by atoms with Gasteiger partial charge in [-0.2, -0.15) is 15.0 Å². The molecule has 7 heteroatoms. The van der Waals surface area contributed by atoms with Crippen LogP contribution >= 0.6 is 0 Å². The quantitative estimate of drug-likeness (QED) is 0.894. The van der Waals surface area contributed by atoms with Crippen molar-refractivity contribution < 1.29 is 0 Å². The molecule has 2 aromatic rings. The minimum atomic E-state index is 0.419. The Morgan fingerprint density at radius 3 is 2.57 bits per heavy atom. The predicted molar refractivity (Wildman–Crippen MR) is 81.5 cm³/mol. The maximum absolute atomic E-state index is 4.50. The van der Waals surface area contributed by atoms with E-state index in [-0.39, 0.29) is 0 Å². The van der Waals surface area contributed by atoms with E-state index in [1.54, 1.807) is 24.1 Å². The maximum Gasteiger partial charge on any atom is 0.241 e. The third-order valence-corrected chi connectivity index (χ3v) is 4.36. The summed E-state index contributed by atoms with van der Waals surface area (Å²) in [6.07, 6.45) is 7.61. The third kappa shape index (κ3) is 2.81. The van der Waals surface area contributed by atoms with Gasteiger partial charge in [-0.3, -0.25) is 4.57 Å². The Bertz CT molecular complexity index is 595. The molecule has 1 saturated carbocycles. The Morgan fingerprint density at radius 1 is 1.14 bits per heavy atom. The monoisotopic (exact) mass is 287 g/mol. The minimum Gasteiger partial charge on any atom is -0.357 e. The van der Waals surface area contributed by atoms with Gasteiger partial charge >= 0.3 is 0 Å². The van der Waals surface area contributed by atoms with Gasteiger partial charge in [0.15, 0.2) is 0 Å². The van der Waals surface area contributed by atoms with Gasteiger partial charge in [0.25, 0.3) is 0 Å². The molecule has 0 saturated heterocycles. The van der Waals surface area contributed by atoms with E-state index >= 15 is 0 Å². The van der Waals surface area contributed by atoms with Gasteiger partial charge in [-0.1, -0.05) is 13.8 Å². The standard InChI is InChI=1S/C14H21N7/c1-9-4-5-11(10(9)2)17-13-18-12(15-3)19-14(20-13)21-7-6-16-8-21/h6-11H,4-5H2,1-3H3,(H2,15,17,18,19,20). The molecule has 2 N–H and O–H groups in total. The van der Waals surface area contributed by atoms with Crippen molar-refractivity contribution >= 4 is 11.9 Å². The maximum atomic E-state index is 4.50. The number of rotatable bonds is 4. The molecule has 21 heavy (non-hydrogen) atoms. The predicted octanol–water partition coefficient (Wildman–Crippen LogP) is 1.95. The van der Waals surface area contributed by atoms with Crippen molar-refractivity contribution in [2.45, 2.75) is 32.7 Å². The Balaban J connectivity index is 1.86. The molecule has 3 unspecified atom stereocenters. The summed E-state index contributed by atoms with van der Waals surface area (Å²) in [5, 5.41) is 6.44. The van der Waals surface area contributed by atoms with Gasteiger partial charge < -0.3 is 10.6 Å². The van der Waals surface area contributed by atoms with Crippen molar-refractivity contribution in [1.29, 1.82) is 0 Å². The summed E-state index contributed by atoms with van der Waals surface area (Å²) < 4.78 is 1.77. The topological polar surface area (TPSA) is 80.5 Å². The fourth-order valence-electron chi connectivity index (χ4n) is 2.77. The van der Waals surface area contributed by atoms with E-state index in [0.29, 0.717) is 29.8 Å². The molecule has 1 fully saturated rings. The van der Waals surface area contributed by atoms with Crippen molar-refractivity contribution in [1.82, 2.24) is 24.5 Å². The second-order valence-electron chi connectivity index (χ2n) is 5.67. The van der Waals surface area contributed by atoms with Crippen molar-refractivity contribution in [3.8, 4) is 5.95 Å². The first-order chi connectivity index (χ1) is 10.2. The summed E-state index contributed by atoms with van der Waals surface area (Å²) in [5.74, 6) is 3.09. The summed E-state index contributed by atoms with van der Waals surface area (Å²) in [4.78, 5) is 17.3. The van der Waals surface area contributed by atoms with Gasteiger partial charge in [-0.25, -0.2) is 4.98 Å². The lowest BCUT2D eigenvalue weighted by atomic mass is 9.98. The first-order valence-electron chi connectivity index (χ1n) is 7.36. The molecule has 0 aliphatic heterocycles. The summed E-state index contributed by atoms with van der Waals surface area (Å²) in [7, 11) is 1.80. The zero-order valence-corrected chi connectivity index (χ0v) is 12.6. The van der Waals surface area contributed by atoms with Crippen molar-refractivity contribution in [2.24, 2.45) is 11.8 Å². The van der Waals surface area contributed by atoms with Crippen LogP contribution in [0.15, 0.2) is 18.7 Å². The number of aromatic nitrogens is 5. The Morgan fingerprint density at radius 2 is 1.95 bits per heavy atom. The number of hydrogen-bond acceptors (Lipinski definition) is 6. The van der Waals surface area contributed by atoms with E-state index < -0.39 is 0 Å². The van der Waals surface area contributed by atoms with Crippen LogP contribution in [0.1, 0.15) is 26.7 Å². The van der Waals surface area contributed by atoms with E-state index in [1.807, 2.05) is 6.20 Å². The van der Waals surface area contributed by atoms with Crippen LogP contribution in [-0.2, 0) is 0 Å². The zero-order valence-electron chi connectivity index (χ0n) is 12.6. The van der Waals surface area contributed by atoms with Gasteiger partial charge in [0.1, 0.15) is 6.33 Å². The molecule has 112 valence electrons. The van der Waals surface area contributed by atoms with E-state index in [2.05, 4.69) is 44.4 Å². The summed E-state index contributed by atoms with van der Waals surface area (Å²) in [5.41, 5.74) is 0. The largest absolute Gasteiger partial charge is 0.357 e. The Hall–Kier alpha value is -2.18. The van der Waals surface area contributed by atoms with Gasteiger partial charge in [0.2, 0.25) is 17.8 Å². The lowest BCUT2D eigenvalue weighted by Gasteiger charge is -2.20. The summed E-state index contributed by atoms with van der Waals surface area (Å²) in [6, 6.07) is 0.419. The Labute approximate surface area is 124 Å². The lowest BCUT2D eigenvalue weighted by Crippen LogP contribution is -2.25. The van der Waals surface area contributed by atoms with Crippen LogP contribution in [-0.4, -0.2) is 37.6 Å². The van der Waals surface area contributed by atoms with Gasteiger partial charge in [0, 0.05) is 25.5 Å². The fourth-order valence-corrected chi connectivity index (χ4v) is 2.77. The first-order valence-corrected chi connectivity index (χ1v) is 7.36. The smallest absolute Gasteiger partial charge is 0.241 e. The second kappa shape index (κ2) is 5.67.